The minimum Gasteiger partial charge on any atom is -0.501 e. The van der Waals surface area contributed by atoms with Crippen molar-refractivity contribution in [2.75, 3.05) is 5.73 Å². The topological polar surface area (TPSA) is 98.3 Å². The van der Waals surface area contributed by atoms with Crippen molar-refractivity contribution in [2.24, 2.45) is 0 Å². The van der Waals surface area contributed by atoms with Crippen molar-refractivity contribution in [1.29, 1.82) is 0 Å². The van der Waals surface area contributed by atoms with Crippen molar-refractivity contribution in [3.05, 3.63) is 35.7 Å². The van der Waals surface area contributed by atoms with Crippen molar-refractivity contribution in [1.82, 2.24) is 9.97 Å². The van der Waals surface area contributed by atoms with Crippen LogP contribution in [0.5, 0.6) is 17.4 Å². The summed E-state index contributed by atoms with van der Waals surface area (Å²) in [6.07, 6.45) is 1.19. The van der Waals surface area contributed by atoms with Gasteiger partial charge in [0.05, 0.1) is 0 Å². The van der Waals surface area contributed by atoms with E-state index in [0.717, 1.165) is 5.56 Å². The van der Waals surface area contributed by atoms with Crippen LogP contribution in [-0.2, 0) is 0 Å². The summed E-state index contributed by atoms with van der Waals surface area (Å²) < 4.78 is 5.48. The average molecular weight is 259 g/mol. The van der Waals surface area contributed by atoms with Gasteiger partial charge in [-0.2, -0.15) is 4.98 Å². The Morgan fingerprint density at radius 3 is 2.79 bits per heavy atom. The van der Waals surface area contributed by atoms with Gasteiger partial charge in [-0.3, -0.25) is 4.79 Å². The molecule has 0 saturated carbocycles. The number of rotatable bonds is 3. The van der Waals surface area contributed by atoms with E-state index in [-0.39, 0.29) is 23.2 Å². The van der Waals surface area contributed by atoms with Gasteiger partial charge in [0, 0.05) is 5.56 Å². The van der Waals surface area contributed by atoms with Crippen LogP contribution in [0.1, 0.15) is 22.8 Å². The quantitative estimate of drug-likeness (QED) is 0.819. The summed E-state index contributed by atoms with van der Waals surface area (Å²) in [5.41, 5.74) is 6.78. The van der Waals surface area contributed by atoms with E-state index in [1.807, 2.05) is 6.92 Å². The third-order valence-corrected chi connectivity index (χ3v) is 2.62. The molecule has 0 radical (unpaired) electrons. The van der Waals surface area contributed by atoms with E-state index in [2.05, 4.69) is 9.97 Å². The van der Waals surface area contributed by atoms with Gasteiger partial charge in [0.2, 0.25) is 5.75 Å². The molecule has 0 aliphatic heterocycles. The molecule has 2 rings (SSSR count). The molecule has 0 aliphatic rings. The van der Waals surface area contributed by atoms with Gasteiger partial charge in [-0.25, -0.2) is 4.98 Å². The monoisotopic (exact) mass is 259 g/mol. The first-order valence-electron chi connectivity index (χ1n) is 5.58. The summed E-state index contributed by atoms with van der Waals surface area (Å²) in [6.45, 7) is 3.29. The van der Waals surface area contributed by atoms with Gasteiger partial charge in [0.1, 0.15) is 12.1 Å². The minimum atomic E-state index is -0.324. The Balaban J connectivity index is 2.40. The molecule has 6 nitrogen and oxygen atoms in total. The third-order valence-electron chi connectivity index (χ3n) is 2.62. The molecular formula is C13H13N3O3. The number of ketones is 1. The summed E-state index contributed by atoms with van der Waals surface area (Å²) >= 11 is 0. The van der Waals surface area contributed by atoms with Crippen LogP contribution in [0.25, 0.3) is 0 Å². The number of carbonyl (C=O) groups is 1. The number of carbonyl (C=O) groups excluding carboxylic acids is 1. The number of hydrogen-bond acceptors (Lipinski definition) is 6. The minimum absolute atomic E-state index is 0.0451. The summed E-state index contributed by atoms with van der Waals surface area (Å²) in [6, 6.07) is 5.06. The number of benzene rings is 1. The van der Waals surface area contributed by atoms with E-state index in [1.165, 1.54) is 13.3 Å². The zero-order valence-electron chi connectivity index (χ0n) is 10.5. The molecule has 1 aromatic heterocycles. The summed E-state index contributed by atoms with van der Waals surface area (Å²) in [5.74, 6) is -0.0748. The van der Waals surface area contributed by atoms with Gasteiger partial charge in [-0.15, -0.1) is 0 Å². The van der Waals surface area contributed by atoms with E-state index in [1.54, 1.807) is 18.2 Å². The summed E-state index contributed by atoms with van der Waals surface area (Å²) in [5, 5.41) is 9.69. The molecular weight excluding hydrogens is 246 g/mol. The SMILES string of the molecule is CC(=O)c1ccc(C)c(Oc2ncnc(N)c2O)c1. The smallest absolute Gasteiger partial charge is 0.267 e. The van der Waals surface area contributed by atoms with Crippen molar-refractivity contribution >= 4 is 11.6 Å². The number of nitrogen functional groups attached to an aromatic ring is 1. The Morgan fingerprint density at radius 2 is 2.11 bits per heavy atom. The van der Waals surface area contributed by atoms with Crippen LogP contribution in [0.15, 0.2) is 24.5 Å². The first-order valence-corrected chi connectivity index (χ1v) is 5.58. The number of anilines is 1. The van der Waals surface area contributed by atoms with Crippen LogP contribution in [0.2, 0.25) is 0 Å². The van der Waals surface area contributed by atoms with Crippen LogP contribution in [0.4, 0.5) is 5.82 Å². The lowest BCUT2D eigenvalue weighted by Crippen LogP contribution is -1.98. The van der Waals surface area contributed by atoms with Crippen molar-refractivity contribution in [3.8, 4) is 17.4 Å². The van der Waals surface area contributed by atoms with E-state index >= 15 is 0 Å². The van der Waals surface area contributed by atoms with Crippen LogP contribution in [-0.4, -0.2) is 20.9 Å². The van der Waals surface area contributed by atoms with E-state index < -0.39 is 0 Å². The maximum Gasteiger partial charge on any atom is 0.267 e. The fourth-order valence-electron chi connectivity index (χ4n) is 1.48. The van der Waals surface area contributed by atoms with Gasteiger partial charge in [0.15, 0.2) is 11.6 Å². The largest absolute Gasteiger partial charge is 0.501 e. The highest BCUT2D eigenvalue weighted by molar-refractivity contribution is 5.94. The fraction of sp³-hybridized carbons (Fsp3) is 0.154. The molecule has 0 spiro atoms. The Labute approximate surface area is 109 Å². The Bertz CT molecular complexity index is 641. The van der Waals surface area contributed by atoms with Gasteiger partial charge in [-0.1, -0.05) is 12.1 Å². The van der Waals surface area contributed by atoms with Gasteiger partial charge in [0.25, 0.3) is 5.88 Å². The van der Waals surface area contributed by atoms with Crippen LogP contribution >= 0.6 is 0 Å². The molecule has 0 amide bonds. The Hall–Kier alpha value is -2.63. The van der Waals surface area contributed by atoms with Gasteiger partial charge in [-0.05, 0) is 25.5 Å². The number of aryl methyl sites for hydroxylation is 1. The molecule has 19 heavy (non-hydrogen) atoms. The molecule has 2 aromatic rings. The summed E-state index contributed by atoms with van der Waals surface area (Å²) in [7, 11) is 0. The number of ether oxygens (including phenoxy) is 1. The normalized spacial score (nSPS) is 10.2. The maximum absolute atomic E-state index is 11.3. The van der Waals surface area contributed by atoms with Crippen molar-refractivity contribution < 1.29 is 14.6 Å². The molecule has 1 heterocycles. The second kappa shape index (κ2) is 4.93. The zero-order valence-corrected chi connectivity index (χ0v) is 10.5. The summed E-state index contributed by atoms with van der Waals surface area (Å²) in [4.78, 5) is 18.8. The molecule has 0 saturated heterocycles. The van der Waals surface area contributed by atoms with E-state index in [9.17, 15) is 9.90 Å². The predicted molar refractivity (Wildman–Crippen MR) is 69.4 cm³/mol. The molecule has 0 aliphatic carbocycles. The second-order valence-corrected chi connectivity index (χ2v) is 4.05. The van der Waals surface area contributed by atoms with Crippen molar-refractivity contribution in [3.63, 3.8) is 0 Å². The zero-order chi connectivity index (χ0) is 14.0. The van der Waals surface area contributed by atoms with E-state index in [0.29, 0.717) is 11.3 Å². The predicted octanol–water partition coefficient (Wildman–Crippen LogP) is 2.07. The number of nitrogens with zero attached hydrogens (tertiary/aromatic N) is 2. The third kappa shape index (κ3) is 2.62. The fourth-order valence-corrected chi connectivity index (χ4v) is 1.48. The van der Waals surface area contributed by atoms with Gasteiger partial charge < -0.3 is 15.6 Å². The lowest BCUT2D eigenvalue weighted by atomic mass is 10.1. The molecule has 0 atom stereocenters. The lowest BCUT2D eigenvalue weighted by molar-refractivity contribution is 0.101. The molecule has 1 aromatic carbocycles. The first-order chi connectivity index (χ1) is 8.99. The van der Waals surface area contributed by atoms with E-state index in [4.69, 9.17) is 10.5 Å². The first kappa shape index (κ1) is 12.8. The number of nitrogens with two attached hydrogens (primary N) is 1. The highest BCUT2D eigenvalue weighted by Gasteiger charge is 2.12. The Morgan fingerprint density at radius 1 is 1.37 bits per heavy atom. The standard InChI is InChI=1S/C13H13N3O3/c1-7-3-4-9(8(2)17)5-10(7)19-13-11(18)12(14)15-6-16-13/h3-6,18H,1-2H3,(H2,14,15,16). The van der Waals surface area contributed by atoms with Crippen molar-refractivity contribution in [2.45, 2.75) is 13.8 Å². The molecule has 0 bridgehead atoms. The lowest BCUT2D eigenvalue weighted by Gasteiger charge is -2.10. The molecule has 3 N–H and O–H groups in total. The highest BCUT2D eigenvalue weighted by atomic mass is 16.5. The number of aromatic nitrogens is 2. The maximum atomic E-state index is 11.3. The molecule has 0 unspecified atom stereocenters. The number of Topliss-reactive ketones (excluding diaryl/α,β-unsaturated/α-hetero) is 1. The van der Waals surface area contributed by atoms with Crippen LogP contribution in [0.3, 0.4) is 0 Å². The van der Waals surface area contributed by atoms with Gasteiger partial charge >= 0.3 is 0 Å². The number of hydrogen-bond donors (Lipinski definition) is 2. The second-order valence-electron chi connectivity index (χ2n) is 4.05. The number of aromatic hydroxyl groups is 1. The Kier molecular flexibility index (Phi) is 3.33. The molecule has 0 fully saturated rings. The molecule has 98 valence electrons. The van der Waals surface area contributed by atoms with Crippen LogP contribution in [0, 0.1) is 6.92 Å². The highest BCUT2D eigenvalue weighted by Crippen LogP contribution is 2.33. The van der Waals surface area contributed by atoms with Crippen LogP contribution < -0.4 is 10.5 Å². The molecule has 6 heteroatoms. The average Bonchev–Trinajstić information content (AvgIpc) is 2.37.